The number of rotatable bonds is 4. The smallest absolute Gasteiger partial charge is 0.335 e. The molecule has 0 bridgehead atoms. The Morgan fingerprint density at radius 3 is 2.64 bits per heavy atom. The van der Waals surface area contributed by atoms with E-state index in [1.54, 1.807) is 18.2 Å². The molecular weight excluding hydrogens is 274 g/mol. The lowest BCUT2D eigenvalue weighted by Crippen LogP contribution is -1.95. The number of carboxylic acids is 1. The van der Waals surface area contributed by atoms with Crippen LogP contribution in [0.25, 0.3) is 16.8 Å². The second-order valence-corrected chi connectivity index (χ2v) is 5.22. The lowest BCUT2D eigenvalue weighted by atomic mass is 10.1. The number of aromatic carboxylic acids is 1. The summed E-state index contributed by atoms with van der Waals surface area (Å²) in [6, 6.07) is 17.4. The van der Waals surface area contributed by atoms with Gasteiger partial charge in [0.2, 0.25) is 0 Å². The van der Waals surface area contributed by atoms with Crippen molar-refractivity contribution in [3.8, 4) is 16.8 Å². The van der Waals surface area contributed by atoms with E-state index in [4.69, 9.17) is 5.11 Å². The van der Waals surface area contributed by atoms with Crippen molar-refractivity contribution in [2.45, 2.75) is 13.3 Å². The summed E-state index contributed by atoms with van der Waals surface area (Å²) in [6.07, 6.45) is 5.02. The number of carboxylic acid groups (broad SMARTS) is 1. The van der Waals surface area contributed by atoms with Gasteiger partial charge in [0.1, 0.15) is 0 Å². The van der Waals surface area contributed by atoms with Crippen LogP contribution < -0.4 is 0 Å². The van der Waals surface area contributed by atoms with Crippen LogP contribution in [0.4, 0.5) is 0 Å². The van der Waals surface area contributed by atoms with Gasteiger partial charge < -0.3 is 9.67 Å². The normalized spacial score (nSPS) is 10.6. The second-order valence-electron chi connectivity index (χ2n) is 5.22. The highest BCUT2D eigenvalue weighted by Crippen LogP contribution is 2.23. The van der Waals surface area contributed by atoms with Crippen molar-refractivity contribution < 1.29 is 9.90 Å². The molecule has 0 atom stereocenters. The van der Waals surface area contributed by atoms with Gasteiger partial charge in [0, 0.05) is 18.1 Å². The van der Waals surface area contributed by atoms with E-state index in [9.17, 15) is 4.79 Å². The summed E-state index contributed by atoms with van der Waals surface area (Å²) in [4.78, 5) is 11.1. The van der Waals surface area contributed by atoms with Crippen molar-refractivity contribution in [2.24, 2.45) is 0 Å². The molecule has 110 valence electrons. The molecule has 0 aliphatic carbocycles. The first kappa shape index (κ1) is 14.1. The van der Waals surface area contributed by atoms with Crippen LogP contribution in [0.15, 0.2) is 67.0 Å². The zero-order chi connectivity index (χ0) is 15.5. The maximum Gasteiger partial charge on any atom is 0.335 e. The highest BCUT2D eigenvalue weighted by molar-refractivity contribution is 5.89. The Bertz CT molecular complexity index is 818. The van der Waals surface area contributed by atoms with Crippen LogP contribution in [0.5, 0.6) is 0 Å². The molecule has 0 fully saturated rings. The highest BCUT2D eigenvalue weighted by Gasteiger charge is 2.06. The summed E-state index contributed by atoms with van der Waals surface area (Å²) >= 11 is 0. The van der Waals surface area contributed by atoms with Gasteiger partial charge in [-0.2, -0.15) is 0 Å². The topological polar surface area (TPSA) is 42.2 Å². The molecule has 1 aromatic heterocycles. The second kappa shape index (κ2) is 5.90. The van der Waals surface area contributed by atoms with Gasteiger partial charge >= 0.3 is 5.97 Å². The number of carbonyl (C=O) groups is 1. The van der Waals surface area contributed by atoms with Crippen LogP contribution in [0.3, 0.4) is 0 Å². The van der Waals surface area contributed by atoms with Gasteiger partial charge in [0.05, 0.1) is 5.56 Å². The van der Waals surface area contributed by atoms with Crippen molar-refractivity contribution in [1.82, 2.24) is 4.57 Å². The van der Waals surface area contributed by atoms with Gasteiger partial charge in [-0.05, 0) is 53.4 Å². The number of hydrogen-bond acceptors (Lipinski definition) is 1. The zero-order valence-corrected chi connectivity index (χ0v) is 12.4. The van der Waals surface area contributed by atoms with Crippen LogP contribution >= 0.6 is 0 Å². The molecule has 0 radical (unpaired) electrons. The van der Waals surface area contributed by atoms with E-state index in [-0.39, 0.29) is 0 Å². The van der Waals surface area contributed by atoms with Crippen LogP contribution in [0.2, 0.25) is 0 Å². The molecule has 1 heterocycles. The average Bonchev–Trinajstić information content (AvgIpc) is 3.05. The standard InChI is InChI=1S/C19H17NO2/c1-2-14-5-3-8-18(11-14)20-10-9-17(13-20)15-6-4-7-16(12-15)19(21)22/h3-13H,2H2,1H3,(H,21,22). The Labute approximate surface area is 129 Å². The molecule has 0 spiro atoms. The molecule has 3 rings (SSSR count). The minimum atomic E-state index is -0.906. The number of benzene rings is 2. The summed E-state index contributed by atoms with van der Waals surface area (Å²) < 4.78 is 2.06. The van der Waals surface area contributed by atoms with Gasteiger partial charge in [0.15, 0.2) is 0 Å². The third kappa shape index (κ3) is 2.79. The van der Waals surface area contributed by atoms with Gasteiger partial charge in [-0.15, -0.1) is 0 Å². The number of aryl methyl sites for hydroxylation is 1. The van der Waals surface area contributed by atoms with Crippen molar-refractivity contribution in [1.29, 1.82) is 0 Å². The summed E-state index contributed by atoms with van der Waals surface area (Å²) in [5, 5.41) is 9.09. The zero-order valence-electron chi connectivity index (χ0n) is 12.4. The Hall–Kier alpha value is -2.81. The van der Waals surface area contributed by atoms with Crippen molar-refractivity contribution in [3.63, 3.8) is 0 Å². The maximum absolute atomic E-state index is 11.1. The Balaban J connectivity index is 1.96. The van der Waals surface area contributed by atoms with E-state index in [1.807, 2.05) is 24.5 Å². The lowest BCUT2D eigenvalue weighted by molar-refractivity contribution is 0.0697. The van der Waals surface area contributed by atoms with Gasteiger partial charge in [0.25, 0.3) is 0 Å². The highest BCUT2D eigenvalue weighted by atomic mass is 16.4. The third-order valence-electron chi connectivity index (χ3n) is 3.75. The van der Waals surface area contributed by atoms with Crippen LogP contribution in [0.1, 0.15) is 22.8 Å². The summed E-state index contributed by atoms with van der Waals surface area (Å²) in [5.41, 5.74) is 4.62. The molecule has 3 heteroatoms. The molecule has 0 saturated heterocycles. The van der Waals surface area contributed by atoms with E-state index in [2.05, 4.69) is 35.8 Å². The van der Waals surface area contributed by atoms with Crippen molar-refractivity contribution in [3.05, 3.63) is 78.1 Å². The summed E-state index contributed by atoms with van der Waals surface area (Å²) in [6.45, 7) is 2.14. The predicted octanol–water partition coefficient (Wildman–Crippen LogP) is 4.40. The van der Waals surface area contributed by atoms with Crippen molar-refractivity contribution in [2.75, 3.05) is 0 Å². The fourth-order valence-electron chi connectivity index (χ4n) is 2.50. The predicted molar refractivity (Wildman–Crippen MR) is 87.5 cm³/mol. The number of nitrogens with zero attached hydrogens (tertiary/aromatic N) is 1. The van der Waals surface area contributed by atoms with Crippen molar-refractivity contribution >= 4 is 5.97 Å². The van der Waals surface area contributed by atoms with Gasteiger partial charge in [-0.1, -0.05) is 31.2 Å². The minimum absolute atomic E-state index is 0.304. The van der Waals surface area contributed by atoms with Crippen LogP contribution in [0, 0.1) is 0 Å². The number of aromatic nitrogens is 1. The first-order valence-corrected chi connectivity index (χ1v) is 7.28. The van der Waals surface area contributed by atoms with Crippen LogP contribution in [-0.4, -0.2) is 15.6 Å². The molecule has 3 aromatic rings. The Morgan fingerprint density at radius 2 is 1.86 bits per heavy atom. The van der Waals surface area contributed by atoms with E-state index < -0.39 is 5.97 Å². The average molecular weight is 291 g/mol. The fourth-order valence-corrected chi connectivity index (χ4v) is 2.50. The molecule has 3 nitrogen and oxygen atoms in total. The first-order valence-electron chi connectivity index (χ1n) is 7.28. The van der Waals surface area contributed by atoms with E-state index in [0.717, 1.165) is 23.2 Å². The SMILES string of the molecule is CCc1cccc(-n2ccc(-c3cccc(C(=O)O)c3)c2)c1. The Kier molecular flexibility index (Phi) is 3.79. The minimum Gasteiger partial charge on any atom is -0.478 e. The van der Waals surface area contributed by atoms with Crippen LogP contribution in [-0.2, 0) is 6.42 Å². The van der Waals surface area contributed by atoms with E-state index in [0.29, 0.717) is 5.56 Å². The molecule has 1 N–H and O–H groups in total. The van der Waals surface area contributed by atoms with E-state index in [1.165, 1.54) is 5.56 Å². The fraction of sp³-hybridized carbons (Fsp3) is 0.105. The molecule has 0 saturated carbocycles. The number of hydrogen-bond donors (Lipinski definition) is 1. The van der Waals surface area contributed by atoms with Gasteiger partial charge in [-0.3, -0.25) is 0 Å². The molecule has 22 heavy (non-hydrogen) atoms. The van der Waals surface area contributed by atoms with Gasteiger partial charge in [-0.25, -0.2) is 4.79 Å². The molecule has 0 amide bonds. The van der Waals surface area contributed by atoms with E-state index >= 15 is 0 Å². The summed E-state index contributed by atoms with van der Waals surface area (Å²) in [5.74, 6) is -0.906. The molecule has 0 unspecified atom stereocenters. The maximum atomic E-state index is 11.1. The third-order valence-corrected chi connectivity index (χ3v) is 3.75. The Morgan fingerprint density at radius 1 is 1.05 bits per heavy atom. The summed E-state index contributed by atoms with van der Waals surface area (Å²) in [7, 11) is 0. The molecule has 0 aliphatic heterocycles. The first-order chi connectivity index (χ1) is 10.7. The largest absolute Gasteiger partial charge is 0.478 e. The molecular formula is C19H17NO2. The molecule has 0 aliphatic rings. The monoisotopic (exact) mass is 291 g/mol. The lowest BCUT2D eigenvalue weighted by Gasteiger charge is -2.05. The quantitative estimate of drug-likeness (QED) is 0.774. The molecule has 2 aromatic carbocycles.